The molecule has 1 saturated heterocycles. The Hall–Kier alpha value is -0.770. The van der Waals surface area contributed by atoms with Crippen molar-refractivity contribution in [3.63, 3.8) is 0 Å². The minimum atomic E-state index is -0.0727. The Labute approximate surface area is 126 Å². The first-order valence-corrected chi connectivity index (χ1v) is 7.82. The van der Waals surface area contributed by atoms with Crippen LogP contribution in [0, 0.1) is 6.92 Å². The normalized spacial score (nSPS) is 26.5. The third kappa shape index (κ3) is 3.66. The molecule has 1 heterocycles. The molecule has 0 saturated carbocycles. The van der Waals surface area contributed by atoms with Crippen LogP contribution in [0.2, 0.25) is 5.02 Å². The molecule has 2 unspecified atom stereocenters. The molecule has 1 fully saturated rings. The Morgan fingerprint density at radius 1 is 1.50 bits per heavy atom. The number of nitrogens with two attached hydrogens (primary N) is 1. The van der Waals surface area contributed by atoms with Crippen molar-refractivity contribution in [2.24, 2.45) is 5.73 Å². The average Bonchev–Trinajstić information content (AvgIpc) is 2.44. The van der Waals surface area contributed by atoms with Crippen molar-refractivity contribution in [2.45, 2.75) is 51.2 Å². The number of rotatable bonds is 5. The van der Waals surface area contributed by atoms with Gasteiger partial charge in [-0.05, 0) is 43.9 Å². The van der Waals surface area contributed by atoms with Crippen LogP contribution < -0.4 is 11.1 Å². The van der Waals surface area contributed by atoms with Crippen LogP contribution in [0.15, 0.2) is 18.2 Å². The molecule has 1 aliphatic rings. The first kappa shape index (κ1) is 15.6. The van der Waals surface area contributed by atoms with Crippen LogP contribution in [0.4, 0.5) is 5.69 Å². The zero-order chi connectivity index (χ0) is 14.6. The van der Waals surface area contributed by atoms with E-state index in [-0.39, 0.29) is 5.54 Å². The van der Waals surface area contributed by atoms with Gasteiger partial charge in [-0.3, -0.25) is 0 Å². The van der Waals surface area contributed by atoms with Gasteiger partial charge in [-0.25, -0.2) is 0 Å². The minimum absolute atomic E-state index is 0.0727. The molecule has 0 amide bonds. The van der Waals surface area contributed by atoms with E-state index >= 15 is 0 Å². The Bertz CT molecular complexity index is 450. The van der Waals surface area contributed by atoms with E-state index in [2.05, 4.69) is 18.3 Å². The van der Waals surface area contributed by atoms with Crippen LogP contribution in [0.1, 0.15) is 38.2 Å². The van der Waals surface area contributed by atoms with Gasteiger partial charge in [0.15, 0.2) is 0 Å². The average molecular weight is 297 g/mol. The summed E-state index contributed by atoms with van der Waals surface area (Å²) in [6.45, 7) is 5.59. The Morgan fingerprint density at radius 3 is 2.95 bits per heavy atom. The molecule has 3 nitrogen and oxygen atoms in total. The highest BCUT2D eigenvalue weighted by Crippen LogP contribution is 2.31. The van der Waals surface area contributed by atoms with Crippen LogP contribution in [-0.4, -0.2) is 24.8 Å². The second-order valence-electron chi connectivity index (χ2n) is 5.81. The summed E-state index contributed by atoms with van der Waals surface area (Å²) in [5, 5.41) is 4.40. The number of anilines is 1. The molecule has 1 aromatic rings. The predicted molar refractivity (Wildman–Crippen MR) is 85.5 cm³/mol. The fourth-order valence-electron chi connectivity index (χ4n) is 2.85. The van der Waals surface area contributed by atoms with Crippen molar-refractivity contribution in [1.82, 2.24) is 0 Å². The van der Waals surface area contributed by atoms with Crippen LogP contribution >= 0.6 is 11.6 Å². The second kappa shape index (κ2) is 6.79. The summed E-state index contributed by atoms with van der Waals surface area (Å²) in [6.07, 6.45) is 4.45. The maximum atomic E-state index is 6.20. The zero-order valence-corrected chi connectivity index (χ0v) is 13.2. The molecular weight excluding hydrogens is 272 g/mol. The zero-order valence-electron chi connectivity index (χ0n) is 12.4. The van der Waals surface area contributed by atoms with E-state index < -0.39 is 0 Å². The predicted octanol–water partition coefficient (Wildman–Crippen LogP) is 3.74. The molecule has 4 heteroatoms. The highest BCUT2D eigenvalue weighted by molar-refractivity contribution is 6.31. The van der Waals surface area contributed by atoms with E-state index in [0.29, 0.717) is 12.6 Å². The molecule has 20 heavy (non-hydrogen) atoms. The summed E-state index contributed by atoms with van der Waals surface area (Å²) < 4.78 is 5.83. The third-order valence-corrected chi connectivity index (χ3v) is 4.54. The highest BCUT2D eigenvalue weighted by Gasteiger charge is 2.35. The van der Waals surface area contributed by atoms with Gasteiger partial charge in [-0.2, -0.15) is 0 Å². The molecule has 0 aliphatic carbocycles. The standard InChI is InChI=1S/C16H25ClN2O/c1-3-4-14-10-16(11-18,7-8-20-14)19-13-6-5-12(2)15(17)9-13/h5-6,9,14,19H,3-4,7-8,10-11,18H2,1-2H3. The number of aryl methyl sites for hydroxylation is 1. The van der Waals surface area contributed by atoms with Crippen molar-refractivity contribution < 1.29 is 4.74 Å². The van der Waals surface area contributed by atoms with E-state index in [1.807, 2.05) is 19.1 Å². The molecule has 1 aromatic carbocycles. The lowest BCUT2D eigenvalue weighted by molar-refractivity contribution is -0.0155. The van der Waals surface area contributed by atoms with Gasteiger partial charge in [0.2, 0.25) is 0 Å². The van der Waals surface area contributed by atoms with Crippen LogP contribution in [-0.2, 0) is 4.74 Å². The van der Waals surface area contributed by atoms with Gasteiger partial charge >= 0.3 is 0 Å². The number of halogens is 1. The number of benzene rings is 1. The van der Waals surface area contributed by atoms with Gasteiger partial charge in [-0.15, -0.1) is 0 Å². The molecular formula is C16H25ClN2O. The lowest BCUT2D eigenvalue weighted by Crippen LogP contribution is -2.52. The van der Waals surface area contributed by atoms with Crippen LogP contribution in [0.25, 0.3) is 0 Å². The smallest absolute Gasteiger partial charge is 0.0597 e. The van der Waals surface area contributed by atoms with E-state index in [1.165, 1.54) is 0 Å². The van der Waals surface area contributed by atoms with Gasteiger partial charge in [0.25, 0.3) is 0 Å². The Balaban J connectivity index is 2.12. The van der Waals surface area contributed by atoms with Crippen molar-refractivity contribution in [2.75, 3.05) is 18.5 Å². The van der Waals surface area contributed by atoms with E-state index in [0.717, 1.165) is 48.6 Å². The molecule has 2 rings (SSSR count). The second-order valence-corrected chi connectivity index (χ2v) is 6.22. The summed E-state index contributed by atoms with van der Waals surface area (Å²) in [5.41, 5.74) is 8.13. The fourth-order valence-corrected chi connectivity index (χ4v) is 3.03. The van der Waals surface area contributed by atoms with Gasteiger partial charge < -0.3 is 15.8 Å². The van der Waals surface area contributed by atoms with Gasteiger partial charge in [-0.1, -0.05) is 31.0 Å². The molecule has 0 bridgehead atoms. The quantitative estimate of drug-likeness (QED) is 0.870. The largest absolute Gasteiger partial charge is 0.378 e. The van der Waals surface area contributed by atoms with Gasteiger partial charge in [0.1, 0.15) is 0 Å². The number of hydrogen-bond donors (Lipinski definition) is 2. The summed E-state index contributed by atoms with van der Waals surface area (Å²) in [7, 11) is 0. The summed E-state index contributed by atoms with van der Waals surface area (Å²) in [4.78, 5) is 0. The molecule has 0 radical (unpaired) electrons. The van der Waals surface area contributed by atoms with Gasteiger partial charge in [0, 0.05) is 23.9 Å². The minimum Gasteiger partial charge on any atom is -0.378 e. The lowest BCUT2D eigenvalue weighted by atomic mass is 9.85. The summed E-state index contributed by atoms with van der Waals surface area (Å²) in [5.74, 6) is 0. The topological polar surface area (TPSA) is 47.3 Å². The van der Waals surface area contributed by atoms with Crippen LogP contribution in [0.3, 0.4) is 0 Å². The fraction of sp³-hybridized carbons (Fsp3) is 0.625. The molecule has 112 valence electrons. The lowest BCUT2D eigenvalue weighted by Gasteiger charge is -2.41. The molecule has 1 aliphatic heterocycles. The third-order valence-electron chi connectivity index (χ3n) is 4.14. The Morgan fingerprint density at radius 2 is 2.30 bits per heavy atom. The highest BCUT2D eigenvalue weighted by atomic mass is 35.5. The molecule has 0 aromatic heterocycles. The van der Waals surface area contributed by atoms with Gasteiger partial charge in [0.05, 0.1) is 11.6 Å². The first-order valence-electron chi connectivity index (χ1n) is 7.44. The first-order chi connectivity index (χ1) is 9.58. The molecule has 2 atom stereocenters. The van der Waals surface area contributed by atoms with E-state index in [1.54, 1.807) is 0 Å². The SMILES string of the molecule is CCCC1CC(CN)(Nc2ccc(C)c(Cl)c2)CCO1. The van der Waals surface area contributed by atoms with Crippen molar-refractivity contribution in [1.29, 1.82) is 0 Å². The maximum Gasteiger partial charge on any atom is 0.0597 e. The van der Waals surface area contributed by atoms with Crippen molar-refractivity contribution >= 4 is 17.3 Å². The monoisotopic (exact) mass is 296 g/mol. The number of nitrogens with one attached hydrogen (secondary N) is 1. The Kier molecular flexibility index (Phi) is 5.30. The van der Waals surface area contributed by atoms with E-state index in [9.17, 15) is 0 Å². The molecule has 3 N–H and O–H groups in total. The van der Waals surface area contributed by atoms with Crippen molar-refractivity contribution in [3.05, 3.63) is 28.8 Å². The van der Waals surface area contributed by atoms with E-state index in [4.69, 9.17) is 22.1 Å². The van der Waals surface area contributed by atoms with Crippen LogP contribution in [0.5, 0.6) is 0 Å². The summed E-state index contributed by atoms with van der Waals surface area (Å²) >= 11 is 6.20. The number of ether oxygens (including phenoxy) is 1. The van der Waals surface area contributed by atoms with Crippen molar-refractivity contribution in [3.8, 4) is 0 Å². The maximum absolute atomic E-state index is 6.20. The molecule has 0 spiro atoms. The number of hydrogen-bond acceptors (Lipinski definition) is 3. The summed E-state index contributed by atoms with van der Waals surface area (Å²) in [6, 6.07) is 6.10.